The fourth-order valence-corrected chi connectivity index (χ4v) is 4.58. The third kappa shape index (κ3) is 4.75. The first-order valence-electron chi connectivity index (χ1n) is 10.8. The van der Waals surface area contributed by atoms with Crippen molar-refractivity contribution in [2.24, 2.45) is 11.8 Å². The molecule has 1 heteroatoms. The van der Waals surface area contributed by atoms with Crippen LogP contribution in [0.4, 0.5) is 0 Å². The van der Waals surface area contributed by atoms with Crippen molar-refractivity contribution in [3.8, 4) is 11.3 Å². The average Bonchev–Trinajstić information content (AvgIpc) is 2.69. The van der Waals surface area contributed by atoms with Crippen LogP contribution in [0.15, 0.2) is 42.6 Å². The van der Waals surface area contributed by atoms with Crippen LogP contribution in [0.2, 0.25) is 0 Å². The number of unbranched alkanes of at least 4 members (excludes halogenated alkanes) is 2. The van der Waals surface area contributed by atoms with Crippen molar-refractivity contribution in [3.63, 3.8) is 0 Å². The van der Waals surface area contributed by atoms with Gasteiger partial charge in [0.05, 0.1) is 5.69 Å². The lowest BCUT2D eigenvalue weighted by Gasteiger charge is -2.34. The lowest BCUT2D eigenvalue weighted by Crippen LogP contribution is -2.22. The number of aromatic nitrogens is 1. The molecule has 26 heavy (non-hydrogen) atoms. The summed E-state index contributed by atoms with van der Waals surface area (Å²) in [6, 6.07) is 13.6. The van der Waals surface area contributed by atoms with E-state index < -0.39 is 0 Å². The van der Waals surface area contributed by atoms with Gasteiger partial charge in [0.1, 0.15) is 0 Å². The quantitative estimate of drug-likeness (QED) is 0.474. The third-order valence-corrected chi connectivity index (χ3v) is 6.44. The van der Waals surface area contributed by atoms with Gasteiger partial charge in [0, 0.05) is 11.8 Å². The van der Waals surface area contributed by atoms with E-state index in [9.17, 15) is 0 Å². The Labute approximate surface area is 160 Å². The van der Waals surface area contributed by atoms with Crippen molar-refractivity contribution in [3.05, 3.63) is 53.7 Å². The van der Waals surface area contributed by atoms with Gasteiger partial charge >= 0.3 is 0 Å². The zero-order valence-electron chi connectivity index (χ0n) is 16.9. The van der Waals surface area contributed by atoms with Gasteiger partial charge in [-0.05, 0) is 60.6 Å². The van der Waals surface area contributed by atoms with Crippen molar-refractivity contribution < 1.29 is 0 Å². The molecule has 1 nitrogen and oxygen atoms in total. The fraction of sp³-hybridized carbons (Fsp3) is 0.560. The summed E-state index contributed by atoms with van der Waals surface area (Å²) < 4.78 is 0. The minimum atomic E-state index is 0.747. The lowest BCUT2D eigenvalue weighted by molar-refractivity contribution is 0.215. The van der Waals surface area contributed by atoms with E-state index in [1.165, 1.54) is 61.6 Å². The van der Waals surface area contributed by atoms with Gasteiger partial charge in [-0.25, -0.2) is 0 Å². The summed E-state index contributed by atoms with van der Waals surface area (Å²) in [6.45, 7) is 6.96. The second-order valence-electron chi connectivity index (χ2n) is 8.27. The van der Waals surface area contributed by atoms with Gasteiger partial charge in [-0.3, -0.25) is 4.98 Å². The van der Waals surface area contributed by atoms with Crippen LogP contribution in [-0.2, 0) is 6.42 Å². The summed E-state index contributed by atoms with van der Waals surface area (Å²) in [5.74, 6) is 2.57. The second-order valence-corrected chi connectivity index (χ2v) is 8.27. The molecule has 0 bridgehead atoms. The van der Waals surface area contributed by atoms with Crippen molar-refractivity contribution in [2.45, 2.75) is 78.1 Å². The predicted molar refractivity (Wildman–Crippen MR) is 112 cm³/mol. The van der Waals surface area contributed by atoms with Crippen LogP contribution in [0.5, 0.6) is 0 Å². The van der Waals surface area contributed by atoms with E-state index in [1.807, 2.05) is 6.20 Å². The summed E-state index contributed by atoms with van der Waals surface area (Å²) in [5.41, 5.74) is 5.15. The summed E-state index contributed by atoms with van der Waals surface area (Å²) in [4.78, 5) is 4.62. The standard InChI is InChI=1S/C25H35N/c1-4-6-7-8-21-10-15-24(17-19(21)3)22-11-13-23(14-12-22)25-16-9-20(5-2)18-26-25/h9,11-14,16,18-19,21,24H,4-8,10,15,17H2,1-3H3/t19-,21+,24-/m0/s1. The Hall–Kier alpha value is -1.63. The zero-order valence-corrected chi connectivity index (χ0v) is 16.9. The fourth-order valence-electron chi connectivity index (χ4n) is 4.58. The Bertz CT molecular complexity index is 656. The highest BCUT2D eigenvalue weighted by Gasteiger charge is 2.27. The number of hydrogen-bond acceptors (Lipinski definition) is 1. The van der Waals surface area contributed by atoms with Gasteiger partial charge in [0.15, 0.2) is 0 Å². The number of nitrogens with zero attached hydrogens (tertiary/aromatic N) is 1. The minimum absolute atomic E-state index is 0.747. The highest BCUT2D eigenvalue weighted by Crippen LogP contribution is 2.41. The first kappa shape index (κ1) is 19.1. The topological polar surface area (TPSA) is 12.9 Å². The molecule has 2 aromatic rings. The monoisotopic (exact) mass is 349 g/mol. The maximum absolute atomic E-state index is 4.62. The molecular weight excluding hydrogens is 314 g/mol. The number of benzene rings is 1. The van der Waals surface area contributed by atoms with Gasteiger partial charge in [-0.2, -0.15) is 0 Å². The first-order valence-corrected chi connectivity index (χ1v) is 10.8. The minimum Gasteiger partial charge on any atom is -0.256 e. The molecule has 3 atom stereocenters. The maximum Gasteiger partial charge on any atom is 0.0702 e. The average molecular weight is 350 g/mol. The van der Waals surface area contributed by atoms with Crippen LogP contribution >= 0.6 is 0 Å². The molecule has 0 saturated heterocycles. The highest BCUT2D eigenvalue weighted by atomic mass is 14.7. The summed E-state index contributed by atoms with van der Waals surface area (Å²) in [6.07, 6.45) is 12.8. The van der Waals surface area contributed by atoms with Gasteiger partial charge in [-0.15, -0.1) is 0 Å². The summed E-state index contributed by atoms with van der Waals surface area (Å²) in [7, 11) is 0. The highest BCUT2D eigenvalue weighted by molar-refractivity contribution is 5.59. The number of rotatable bonds is 7. The second kappa shape index (κ2) is 9.35. The molecule has 1 aliphatic rings. The normalized spacial score (nSPS) is 23.1. The predicted octanol–water partition coefficient (Wildman–Crippen LogP) is 7.41. The zero-order chi connectivity index (χ0) is 18.4. The van der Waals surface area contributed by atoms with Gasteiger partial charge in [-0.1, -0.05) is 76.8 Å². The smallest absolute Gasteiger partial charge is 0.0702 e. The summed E-state index contributed by atoms with van der Waals surface area (Å²) >= 11 is 0. The Balaban J connectivity index is 1.60. The number of aryl methyl sites for hydroxylation is 1. The Morgan fingerprint density at radius 1 is 0.962 bits per heavy atom. The molecule has 1 aliphatic carbocycles. The molecule has 1 aromatic heterocycles. The maximum atomic E-state index is 4.62. The van der Waals surface area contributed by atoms with E-state index >= 15 is 0 Å². The largest absolute Gasteiger partial charge is 0.256 e. The van der Waals surface area contributed by atoms with Crippen LogP contribution in [0.1, 0.15) is 82.8 Å². The van der Waals surface area contributed by atoms with Gasteiger partial charge < -0.3 is 0 Å². The van der Waals surface area contributed by atoms with Crippen molar-refractivity contribution in [1.82, 2.24) is 4.98 Å². The molecule has 0 unspecified atom stereocenters. The molecule has 1 heterocycles. The van der Waals surface area contributed by atoms with Crippen LogP contribution in [-0.4, -0.2) is 4.98 Å². The Kier molecular flexibility index (Phi) is 6.88. The molecule has 140 valence electrons. The Morgan fingerprint density at radius 2 is 1.77 bits per heavy atom. The molecule has 0 radical (unpaired) electrons. The van der Waals surface area contributed by atoms with Crippen LogP contribution in [0, 0.1) is 11.8 Å². The molecule has 0 N–H and O–H groups in total. The molecule has 0 amide bonds. The van der Waals surface area contributed by atoms with E-state index in [2.05, 4.69) is 62.2 Å². The molecular formula is C25H35N. The SMILES string of the molecule is CCCCC[C@@H]1CC[C@H](c2ccc(-c3ccc(CC)cn3)cc2)C[C@@H]1C. The summed E-state index contributed by atoms with van der Waals surface area (Å²) in [5, 5.41) is 0. The number of hydrogen-bond donors (Lipinski definition) is 0. The van der Waals surface area contributed by atoms with Crippen LogP contribution in [0.25, 0.3) is 11.3 Å². The van der Waals surface area contributed by atoms with E-state index in [-0.39, 0.29) is 0 Å². The van der Waals surface area contributed by atoms with Crippen LogP contribution in [0.3, 0.4) is 0 Å². The molecule has 3 rings (SSSR count). The van der Waals surface area contributed by atoms with Crippen molar-refractivity contribution >= 4 is 0 Å². The van der Waals surface area contributed by atoms with Crippen LogP contribution < -0.4 is 0 Å². The van der Waals surface area contributed by atoms with Crippen molar-refractivity contribution in [1.29, 1.82) is 0 Å². The van der Waals surface area contributed by atoms with Crippen molar-refractivity contribution in [2.75, 3.05) is 0 Å². The Morgan fingerprint density at radius 3 is 2.38 bits per heavy atom. The molecule has 0 aliphatic heterocycles. The number of pyridine rings is 1. The first-order chi connectivity index (χ1) is 12.7. The van der Waals surface area contributed by atoms with E-state index in [0.717, 1.165) is 29.9 Å². The van der Waals surface area contributed by atoms with E-state index in [0.29, 0.717) is 0 Å². The van der Waals surface area contributed by atoms with Gasteiger partial charge in [0.2, 0.25) is 0 Å². The van der Waals surface area contributed by atoms with E-state index in [1.54, 1.807) is 0 Å². The molecule has 1 saturated carbocycles. The molecule has 1 fully saturated rings. The third-order valence-electron chi connectivity index (χ3n) is 6.44. The molecule has 1 aromatic carbocycles. The lowest BCUT2D eigenvalue weighted by atomic mass is 9.71. The molecule has 0 spiro atoms. The van der Waals surface area contributed by atoms with Gasteiger partial charge in [0.25, 0.3) is 0 Å². The van der Waals surface area contributed by atoms with E-state index in [4.69, 9.17) is 0 Å².